The van der Waals surface area contributed by atoms with Crippen LogP contribution in [0.25, 0.3) is 0 Å². The molecule has 0 amide bonds. The molecule has 7 heteroatoms. The quantitative estimate of drug-likeness (QED) is 0.474. The smallest absolute Gasteiger partial charge is 0.231 e. The van der Waals surface area contributed by atoms with Crippen LogP contribution in [0.5, 0.6) is 0 Å². The molecule has 0 aliphatic carbocycles. The van der Waals surface area contributed by atoms with Gasteiger partial charge in [0.15, 0.2) is 0 Å². The van der Waals surface area contributed by atoms with E-state index in [4.69, 9.17) is 16.2 Å². The van der Waals surface area contributed by atoms with Gasteiger partial charge in [0.25, 0.3) is 0 Å². The van der Waals surface area contributed by atoms with Crippen molar-refractivity contribution in [2.24, 2.45) is 0 Å². The van der Waals surface area contributed by atoms with Gasteiger partial charge in [0.1, 0.15) is 6.23 Å². The average molecular weight is 254 g/mol. The van der Waals surface area contributed by atoms with Crippen molar-refractivity contribution >= 4 is 17.8 Å². The minimum absolute atomic E-state index is 0.105. The van der Waals surface area contributed by atoms with Crippen molar-refractivity contribution in [3.8, 4) is 0 Å². The summed E-state index contributed by atoms with van der Waals surface area (Å²) < 4.78 is 5.71. The number of aromatic nitrogens is 3. The van der Waals surface area contributed by atoms with Crippen LogP contribution in [0.2, 0.25) is 0 Å². The summed E-state index contributed by atoms with van der Waals surface area (Å²) in [6, 6.07) is 0. The van der Waals surface area contributed by atoms with Gasteiger partial charge in [-0.25, -0.2) is 0 Å². The molecule has 0 saturated heterocycles. The van der Waals surface area contributed by atoms with Gasteiger partial charge in [-0.3, -0.25) is 0 Å². The lowest BCUT2D eigenvalue weighted by atomic mass is 10.3. The van der Waals surface area contributed by atoms with E-state index in [2.05, 4.69) is 34.1 Å². The van der Waals surface area contributed by atoms with Crippen LogP contribution in [0.3, 0.4) is 0 Å². The summed E-state index contributed by atoms with van der Waals surface area (Å²) in [6.07, 6.45) is 3.88. The van der Waals surface area contributed by atoms with E-state index in [9.17, 15) is 0 Å². The molecule has 0 spiro atoms. The summed E-state index contributed by atoms with van der Waals surface area (Å²) in [4.78, 5) is 11.7. The van der Waals surface area contributed by atoms with Crippen molar-refractivity contribution in [3.63, 3.8) is 0 Å². The van der Waals surface area contributed by atoms with E-state index < -0.39 is 0 Å². The van der Waals surface area contributed by atoms with Gasteiger partial charge in [-0.05, 0) is 12.8 Å². The van der Waals surface area contributed by atoms with Crippen LogP contribution in [0.4, 0.5) is 17.8 Å². The molecule has 1 heterocycles. The van der Waals surface area contributed by atoms with Crippen LogP contribution in [0, 0.1) is 0 Å². The molecule has 18 heavy (non-hydrogen) atoms. The Kier molecular flexibility index (Phi) is 6.13. The van der Waals surface area contributed by atoms with Crippen LogP contribution < -0.4 is 16.8 Å². The first kappa shape index (κ1) is 14.4. The second-order valence-electron chi connectivity index (χ2n) is 4.02. The van der Waals surface area contributed by atoms with Crippen LogP contribution in [-0.2, 0) is 4.74 Å². The Labute approximate surface area is 107 Å². The van der Waals surface area contributed by atoms with Gasteiger partial charge in [0, 0.05) is 6.61 Å². The Morgan fingerprint density at radius 1 is 1.11 bits per heavy atom. The van der Waals surface area contributed by atoms with Crippen LogP contribution in [-0.4, -0.2) is 27.8 Å². The van der Waals surface area contributed by atoms with Gasteiger partial charge in [-0.2, -0.15) is 15.0 Å². The molecule has 7 nitrogen and oxygen atoms in total. The number of hydrogen-bond acceptors (Lipinski definition) is 7. The van der Waals surface area contributed by atoms with Gasteiger partial charge < -0.3 is 21.5 Å². The van der Waals surface area contributed by atoms with Crippen LogP contribution in [0.1, 0.15) is 39.5 Å². The summed E-state index contributed by atoms with van der Waals surface area (Å²) in [5.74, 6) is 0.567. The number of ether oxygens (including phenoxy) is 1. The normalized spacial score (nSPS) is 12.3. The van der Waals surface area contributed by atoms with Gasteiger partial charge in [-0.1, -0.05) is 26.7 Å². The van der Waals surface area contributed by atoms with E-state index in [1.54, 1.807) is 0 Å². The Balaban J connectivity index is 2.58. The van der Waals surface area contributed by atoms with Crippen molar-refractivity contribution < 1.29 is 4.74 Å². The second kappa shape index (κ2) is 7.65. The molecule has 1 aromatic rings. The zero-order valence-corrected chi connectivity index (χ0v) is 11.0. The topological polar surface area (TPSA) is 112 Å². The highest BCUT2D eigenvalue weighted by molar-refractivity contribution is 5.37. The monoisotopic (exact) mass is 254 g/mol. The maximum atomic E-state index is 5.71. The molecule has 0 bridgehead atoms. The number of nitrogens with one attached hydrogen (secondary N) is 1. The lowest BCUT2D eigenvalue weighted by Crippen LogP contribution is -2.25. The first-order chi connectivity index (χ1) is 8.65. The van der Waals surface area contributed by atoms with Gasteiger partial charge in [-0.15, -0.1) is 0 Å². The van der Waals surface area contributed by atoms with Gasteiger partial charge >= 0.3 is 0 Å². The van der Waals surface area contributed by atoms with Crippen molar-refractivity contribution in [1.82, 2.24) is 15.0 Å². The van der Waals surface area contributed by atoms with Gasteiger partial charge in [0.2, 0.25) is 17.8 Å². The number of nitrogens with two attached hydrogens (primary N) is 2. The lowest BCUT2D eigenvalue weighted by Gasteiger charge is -2.18. The fourth-order valence-electron chi connectivity index (χ4n) is 1.45. The number of rotatable bonds is 8. The third-order valence-corrected chi connectivity index (χ3v) is 2.33. The summed E-state index contributed by atoms with van der Waals surface area (Å²) in [5, 5.41) is 3.08. The van der Waals surface area contributed by atoms with Crippen LogP contribution in [0.15, 0.2) is 0 Å². The summed E-state index contributed by atoms with van der Waals surface area (Å²) in [6.45, 7) is 4.93. The fourth-order valence-corrected chi connectivity index (χ4v) is 1.45. The molecule has 102 valence electrons. The Bertz CT molecular complexity index is 339. The van der Waals surface area contributed by atoms with Crippen LogP contribution >= 0.6 is 0 Å². The van der Waals surface area contributed by atoms with E-state index in [1.807, 2.05) is 0 Å². The summed E-state index contributed by atoms with van der Waals surface area (Å²) >= 11 is 0. The molecule has 1 aromatic heterocycles. The summed E-state index contributed by atoms with van der Waals surface area (Å²) in [7, 11) is 0. The molecule has 0 saturated carbocycles. The minimum atomic E-state index is -0.122. The number of unbranched alkanes of at least 4 members (excludes halogenated alkanes) is 1. The summed E-state index contributed by atoms with van der Waals surface area (Å²) in [5.41, 5.74) is 11.0. The molecule has 0 aliphatic rings. The van der Waals surface area contributed by atoms with E-state index in [1.165, 1.54) is 0 Å². The number of nitrogen functional groups attached to an aromatic ring is 2. The lowest BCUT2D eigenvalue weighted by molar-refractivity contribution is 0.0634. The highest BCUT2D eigenvalue weighted by Gasteiger charge is 2.10. The minimum Gasteiger partial charge on any atom is -0.368 e. The number of hydrogen-bond donors (Lipinski definition) is 3. The molecule has 0 aromatic carbocycles. The first-order valence-corrected chi connectivity index (χ1v) is 6.30. The zero-order chi connectivity index (χ0) is 13.4. The zero-order valence-electron chi connectivity index (χ0n) is 11.0. The average Bonchev–Trinajstić information content (AvgIpc) is 2.28. The van der Waals surface area contributed by atoms with E-state index >= 15 is 0 Å². The maximum Gasteiger partial charge on any atom is 0.231 e. The molecule has 1 rings (SSSR count). The first-order valence-electron chi connectivity index (χ1n) is 6.30. The molecule has 0 aliphatic heterocycles. The third-order valence-electron chi connectivity index (χ3n) is 2.33. The Morgan fingerprint density at radius 3 is 2.33 bits per heavy atom. The molecule has 5 N–H and O–H groups in total. The SMILES string of the molecule is CCCCOC(CCC)Nc1nc(N)nc(N)n1. The Morgan fingerprint density at radius 2 is 1.78 bits per heavy atom. The van der Waals surface area contributed by atoms with E-state index in [0.29, 0.717) is 12.6 Å². The molecule has 1 unspecified atom stereocenters. The predicted molar refractivity (Wildman–Crippen MR) is 71.8 cm³/mol. The molecular formula is C11H22N6O. The predicted octanol–water partition coefficient (Wildman–Crippen LogP) is 1.39. The maximum absolute atomic E-state index is 5.71. The van der Waals surface area contributed by atoms with E-state index in [-0.39, 0.29) is 18.1 Å². The molecule has 1 atom stereocenters. The molecule has 0 fully saturated rings. The van der Waals surface area contributed by atoms with Crippen molar-refractivity contribution in [2.75, 3.05) is 23.4 Å². The molecule has 0 radical (unpaired) electrons. The van der Waals surface area contributed by atoms with Gasteiger partial charge in [0.05, 0.1) is 0 Å². The standard InChI is InChI=1S/C11H22N6O/c1-3-5-7-18-8(6-4-2)14-11-16-9(12)15-10(13)17-11/h8H,3-7H2,1-2H3,(H5,12,13,14,15,16,17). The second-order valence-corrected chi connectivity index (χ2v) is 4.02. The highest BCUT2D eigenvalue weighted by atomic mass is 16.5. The third kappa shape index (κ3) is 5.13. The van der Waals surface area contributed by atoms with Crippen molar-refractivity contribution in [1.29, 1.82) is 0 Å². The largest absolute Gasteiger partial charge is 0.368 e. The van der Waals surface area contributed by atoms with Crippen molar-refractivity contribution in [3.05, 3.63) is 0 Å². The molecular weight excluding hydrogens is 232 g/mol. The fraction of sp³-hybridized carbons (Fsp3) is 0.727. The van der Waals surface area contributed by atoms with E-state index in [0.717, 1.165) is 25.7 Å². The number of anilines is 3. The Hall–Kier alpha value is -1.63. The number of nitrogens with zero attached hydrogens (tertiary/aromatic N) is 3. The highest BCUT2D eigenvalue weighted by Crippen LogP contribution is 2.09. The van der Waals surface area contributed by atoms with Crippen molar-refractivity contribution in [2.45, 2.75) is 45.8 Å².